The van der Waals surface area contributed by atoms with Crippen molar-refractivity contribution in [3.63, 3.8) is 0 Å². The molecule has 21 fully saturated rings. The standard InChI is InChI=1S/C66H92N6O33/c73-23-34-55-41(80)48(87)62(94-34)99-53-32(21-71(17-28-9-1-5-13-67-28)18-29-10-2-6-14-68-29)93-61(47(86)40(53)79)102-56-35(24-74)96-64(50(89)43(56)82)104-58-37(26-76)98-66(52(91)45(58)84)105-59-38(27-77)97-65(51(90)44(59)83)103-57-36(25-75)95-63(49(88)42(57)81)100-54-33(92-60(101-55)46(85)39(54)78)22-72(19-30-11-3-7-15-69-30)20-31-12-4-8-16-70-31/h1-16,32-66,73-91H,17-27H2/t32-,33-,34-,35-,36-,37-,38-,39-,40-,41-,42-,43-,44-,45-,46-,47-,48-,49-,50-,51-,52-,53-,54-,55-,56-,57-,58-,59-,60-,61-,62-,63-,64-,65-,66-/m1/s1. The molecule has 4 aromatic rings. The van der Waals surface area contributed by atoms with Gasteiger partial charge < -0.3 is 163 Å². The predicted octanol–water partition coefficient (Wildman–Crippen LogP) is -10.2. The van der Waals surface area contributed by atoms with Crippen molar-refractivity contribution in [2.24, 2.45) is 0 Å². The first-order valence-corrected chi connectivity index (χ1v) is 34.4. The summed E-state index contributed by atoms with van der Waals surface area (Å²) in [6.45, 7) is -5.66. The zero-order chi connectivity index (χ0) is 74.5. The van der Waals surface area contributed by atoms with Gasteiger partial charge in [-0.05, 0) is 48.5 Å². The molecule has 25 heterocycles. The molecule has 0 aromatic carbocycles. The second kappa shape index (κ2) is 35.9. The third kappa shape index (κ3) is 17.8. The number of hydrogen-bond acceptors (Lipinski definition) is 39. The molecule has 21 aliphatic rings. The minimum Gasteiger partial charge on any atom is -0.394 e. The summed E-state index contributed by atoms with van der Waals surface area (Å²) >= 11 is 0. The SMILES string of the molecule is OC[C@H]1O[C@@H]2O[C@H]3[C@H](O)[C@@H](O)[C@@H](O[C@H]4[C@H](O)[C@@H](O)[C@@H](O[C@H]5[C@H](O)[C@@H](O)[C@@H](O[C@H]6[C@H](O)[C@@H](O)[C@@H](O[C@H]7[C@H](O)[C@@H](O)[C@@H](O[C@H]8[C@H](O)[C@@H](O)[C@@H](O[C@H]1[C@H](O)[C@H]2O)O[C@@H]8CO)O[C@@H]7CO)O[C@@H]6CN(Cc1ccccn1)Cc1ccccn1)O[C@@H]5CO)O[C@@H]4CN(Cc1ccccn1)Cc1ccccn1)O[C@@H]3CO. The number of ether oxygens (including phenoxy) is 14. The summed E-state index contributed by atoms with van der Waals surface area (Å²) in [6, 6.07) is 20.6. The smallest absolute Gasteiger partial charge is 0.187 e. The molecule has 0 unspecified atom stereocenters. The second-order valence-electron chi connectivity index (χ2n) is 26.9. The highest BCUT2D eigenvalue weighted by Crippen LogP contribution is 2.40. The molecule has 21 saturated heterocycles. The largest absolute Gasteiger partial charge is 0.394 e. The zero-order valence-electron chi connectivity index (χ0n) is 56.1. The Labute approximate surface area is 598 Å². The number of hydrogen-bond donors (Lipinski definition) is 19. The maximum absolute atomic E-state index is 12.4. The van der Waals surface area contributed by atoms with Crippen molar-refractivity contribution < 1.29 is 163 Å². The van der Waals surface area contributed by atoms with E-state index < -0.39 is 248 Å². The van der Waals surface area contributed by atoms with Crippen LogP contribution in [0.15, 0.2) is 97.6 Å². The summed E-state index contributed by atoms with van der Waals surface area (Å²) in [6.07, 6.45) is -64.1. The lowest BCUT2D eigenvalue weighted by molar-refractivity contribution is -0.396. The van der Waals surface area contributed by atoms with E-state index in [2.05, 4.69) is 19.9 Å². The fourth-order valence-corrected chi connectivity index (χ4v) is 14.2. The Morgan fingerprint density at radius 2 is 0.400 bits per heavy atom. The highest BCUT2D eigenvalue weighted by molar-refractivity contribution is 5.11. The summed E-state index contributed by atoms with van der Waals surface area (Å²) < 4.78 is 85.4. The summed E-state index contributed by atoms with van der Waals surface area (Å²) in [4.78, 5) is 21.4. The third-order valence-electron chi connectivity index (χ3n) is 19.7. The molecule has 0 saturated carbocycles. The molecular formula is C66H92N6O33. The molecule has 0 radical (unpaired) electrons. The van der Waals surface area contributed by atoms with Gasteiger partial charge in [-0.15, -0.1) is 0 Å². The van der Waals surface area contributed by atoms with Crippen molar-refractivity contribution in [3.05, 3.63) is 120 Å². The van der Waals surface area contributed by atoms with Gasteiger partial charge in [0.15, 0.2) is 44.0 Å². The van der Waals surface area contributed by atoms with E-state index in [-0.39, 0.29) is 39.3 Å². The molecule has 584 valence electrons. The van der Waals surface area contributed by atoms with Crippen LogP contribution in [0.5, 0.6) is 0 Å². The van der Waals surface area contributed by atoms with E-state index >= 15 is 0 Å². The highest BCUT2D eigenvalue weighted by Gasteiger charge is 2.60. The van der Waals surface area contributed by atoms with Gasteiger partial charge in [-0.25, -0.2) is 0 Å². The molecule has 19 N–H and O–H groups in total. The number of rotatable bonds is 17. The third-order valence-corrected chi connectivity index (χ3v) is 19.7. The average molecular weight is 1500 g/mol. The molecular weight excluding hydrogens is 1400 g/mol. The molecule has 14 bridgehead atoms. The Morgan fingerprint density at radius 1 is 0.229 bits per heavy atom. The Hall–Kier alpha value is -4.80. The second-order valence-corrected chi connectivity index (χ2v) is 26.9. The number of aliphatic hydroxyl groups excluding tert-OH is 19. The van der Waals surface area contributed by atoms with Gasteiger partial charge in [0.25, 0.3) is 0 Å². The van der Waals surface area contributed by atoms with E-state index in [1.807, 2.05) is 0 Å². The monoisotopic (exact) mass is 1500 g/mol. The van der Waals surface area contributed by atoms with Gasteiger partial charge in [0.1, 0.15) is 171 Å². The maximum atomic E-state index is 12.4. The Morgan fingerprint density at radius 3 is 0.562 bits per heavy atom. The molecule has 25 rings (SSSR count). The normalized spacial score (nSPS) is 43.7. The first-order chi connectivity index (χ1) is 50.6. The summed E-state index contributed by atoms with van der Waals surface area (Å²) in [5.41, 5.74) is 2.08. The molecule has 0 aliphatic carbocycles. The molecule has 0 amide bonds. The van der Waals surface area contributed by atoms with Gasteiger partial charge >= 0.3 is 0 Å². The van der Waals surface area contributed by atoms with Crippen molar-refractivity contribution in [2.45, 2.75) is 241 Å². The van der Waals surface area contributed by atoms with Crippen LogP contribution in [0.3, 0.4) is 0 Å². The molecule has 35 atom stereocenters. The molecule has 0 spiro atoms. The predicted molar refractivity (Wildman–Crippen MR) is 339 cm³/mol. The van der Waals surface area contributed by atoms with Gasteiger partial charge in [0, 0.05) is 64.1 Å². The highest BCUT2D eigenvalue weighted by atomic mass is 16.8. The summed E-state index contributed by atoms with van der Waals surface area (Å²) in [5.74, 6) is 0. The van der Waals surface area contributed by atoms with Crippen LogP contribution in [0.2, 0.25) is 0 Å². The quantitative estimate of drug-likeness (QED) is 0.0467. The average Bonchev–Trinajstić information content (AvgIpc) is 0.796. The molecule has 21 aliphatic heterocycles. The van der Waals surface area contributed by atoms with Gasteiger partial charge in [-0.1, -0.05) is 24.3 Å². The topological polar surface area (TPSA) is 572 Å². The molecule has 39 heteroatoms. The number of pyridine rings is 4. The van der Waals surface area contributed by atoms with Gasteiger partial charge in [0.05, 0.1) is 55.8 Å². The molecule has 4 aromatic heterocycles. The van der Waals surface area contributed by atoms with E-state index in [0.29, 0.717) is 22.8 Å². The minimum atomic E-state index is -2.23. The lowest BCUT2D eigenvalue weighted by atomic mass is 9.94. The fourth-order valence-electron chi connectivity index (χ4n) is 14.2. The minimum absolute atomic E-state index is 0.0513. The van der Waals surface area contributed by atoms with Crippen LogP contribution >= 0.6 is 0 Å². The van der Waals surface area contributed by atoms with Crippen LogP contribution in [0.4, 0.5) is 0 Å². The van der Waals surface area contributed by atoms with Crippen LogP contribution in [0, 0.1) is 0 Å². The van der Waals surface area contributed by atoms with Crippen molar-refractivity contribution in [3.8, 4) is 0 Å². The van der Waals surface area contributed by atoms with E-state index in [0.717, 1.165) is 0 Å². The first kappa shape index (κ1) is 79.7. The fraction of sp³-hybridized carbons (Fsp3) is 0.697. The number of nitrogens with zero attached hydrogens (tertiary/aromatic N) is 6. The van der Waals surface area contributed by atoms with Crippen LogP contribution in [-0.4, -0.2) is 388 Å². The van der Waals surface area contributed by atoms with Crippen LogP contribution in [0.25, 0.3) is 0 Å². The van der Waals surface area contributed by atoms with E-state index in [9.17, 15) is 97.0 Å². The van der Waals surface area contributed by atoms with Crippen LogP contribution in [-0.2, 0) is 92.5 Å². The van der Waals surface area contributed by atoms with Crippen molar-refractivity contribution in [2.75, 3.05) is 46.1 Å². The Balaban J connectivity index is 0.889. The van der Waals surface area contributed by atoms with Crippen molar-refractivity contribution >= 4 is 0 Å². The van der Waals surface area contributed by atoms with Gasteiger partial charge in [-0.3, -0.25) is 29.7 Å². The summed E-state index contributed by atoms with van der Waals surface area (Å²) in [7, 11) is 0. The molecule has 39 nitrogen and oxygen atoms in total. The number of aliphatic hydroxyl groups is 19. The van der Waals surface area contributed by atoms with Crippen molar-refractivity contribution in [1.82, 2.24) is 29.7 Å². The number of aromatic nitrogens is 4. The van der Waals surface area contributed by atoms with Crippen molar-refractivity contribution in [1.29, 1.82) is 0 Å². The Kier molecular flexibility index (Phi) is 27.3. The van der Waals surface area contributed by atoms with E-state index in [1.54, 1.807) is 107 Å². The van der Waals surface area contributed by atoms with E-state index in [1.165, 1.54) is 0 Å². The van der Waals surface area contributed by atoms with Crippen LogP contribution in [0.1, 0.15) is 22.8 Å². The zero-order valence-corrected chi connectivity index (χ0v) is 56.1. The summed E-state index contributed by atoms with van der Waals surface area (Å²) in [5, 5.41) is 221. The van der Waals surface area contributed by atoms with Gasteiger partial charge in [0.2, 0.25) is 0 Å². The maximum Gasteiger partial charge on any atom is 0.187 e. The lowest BCUT2D eigenvalue weighted by Gasteiger charge is -2.50. The first-order valence-electron chi connectivity index (χ1n) is 34.4. The Bertz CT molecular complexity index is 3080. The van der Waals surface area contributed by atoms with Crippen LogP contribution < -0.4 is 0 Å². The molecule has 105 heavy (non-hydrogen) atoms. The van der Waals surface area contributed by atoms with E-state index in [4.69, 9.17) is 66.3 Å². The van der Waals surface area contributed by atoms with Gasteiger partial charge in [-0.2, -0.15) is 0 Å². The lowest BCUT2D eigenvalue weighted by Crippen LogP contribution is -2.68.